The Hall–Kier alpha value is -2.62. The first-order valence-electron chi connectivity index (χ1n) is 9.50. The van der Waals surface area contributed by atoms with Crippen molar-refractivity contribution in [2.75, 3.05) is 12.8 Å². The summed E-state index contributed by atoms with van der Waals surface area (Å²) < 4.78 is 29.7. The molecule has 6 nitrogen and oxygen atoms in total. The summed E-state index contributed by atoms with van der Waals surface area (Å²) >= 11 is -0.0262. The van der Waals surface area contributed by atoms with E-state index in [2.05, 4.69) is 10.6 Å². The Bertz CT molecular complexity index is 1160. The molecule has 3 heterocycles. The molecule has 1 aromatic heterocycles. The predicted molar refractivity (Wildman–Crippen MR) is 117 cm³/mol. The number of fused-ring (bicyclic) bond motifs is 1. The SMILES string of the molecule is CN1C(=N)NC(c2sc3c(-c4ccc(C5CC(=O)N5)cc4)cccc3c2F)C[S+]1[O-]. The standard InChI is InChI=1S/C21H19FN4O2S2/c1-26-21(23)25-16(10-30(26)28)20-18(22)14-4-2-3-13(19(14)29-20)11-5-7-12(8-6-11)15-9-17(27)24-15/h2-8,15-16H,9-10H2,1H3,(H2,23,25)(H,24,27). The number of halogens is 1. The van der Waals surface area contributed by atoms with Gasteiger partial charge in [-0.15, -0.1) is 11.3 Å². The third kappa shape index (κ3) is 3.13. The lowest BCUT2D eigenvalue weighted by molar-refractivity contribution is -0.128. The molecule has 2 aromatic carbocycles. The van der Waals surface area contributed by atoms with Gasteiger partial charge in [0.05, 0.1) is 35.7 Å². The van der Waals surface area contributed by atoms with E-state index < -0.39 is 17.4 Å². The number of nitrogens with one attached hydrogen (secondary N) is 3. The largest absolute Gasteiger partial charge is 0.593 e. The topological polar surface area (TPSA) is 91.3 Å². The highest BCUT2D eigenvalue weighted by atomic mass is 32.2. The summed E-state index contributed by atoms with van der Waals surface area (Å²) in [6.07, 6.45) is 0.508. The number of hydrogen-bond acceptors (Lipinski definition) is 4. The first-order valence-corrected chi connectivity index (χ1v) is 11.6. The van der Waals surface area contributed by atoms with Crippen LogP contribution in [-0.2, 0) is 16.2 Å². The molecule has 5 rings (SSSR count). The molecular formula is C21H19FN4O2S2. The average Bonchev–Trinajstić information content (AvgIpc) is 3.06. The summed E-state index contributed by atoms with van der Waals surface area (Å²) in [5, 5.41) is 14.3. The van der Waals surface area contributed by atoms with Gasteiger partial charge in [-0.2, -0.15) is 4.31 Å². The maximum atomic E-state index is 15.3. The van der Waals surface area contributed by atoms with E-state index in [0.29, 0.717) is 16.7 Å². The van der Waals surface area contributed by atoms with Crippen LogP contribution < -0.4 is 10.6 Å². The van der Waals surface area contributed by atoms with Crippen molar-refractivity contribution in [2.24, 2.45) is 0 Å². The molecule has 2 saturated heterocycles. The molecule has 3 N–H and O–H groups in total. The Labute approximate surface area is 179 Å². The monoisotopic (exact) mass is 442 g/mol. The van der Waals surface area contributed by atoms with Gasteiger partial charge in [-0.3, -0.25) is 10.2 Å². The van der Waals surface area contributed by atoms with E-state index in [9.17, 15) is 9.35 Å². The maximum Gasteiger partial charge on any atom is 0.234 e. The smallest absolute Gasteiger partial charge is 0.234 e. The van der Waals surface area contributed by atoms with E-state index in [-0.39, 0.29) is 29.5 Å². The zero-order valence-electron chi connectivity index (χ0n) is 16.1. The molecule has 0 bridgehead atoms. The number of β-lactam (4-membered cyclic amide) rings is 1. The first-order chi connectivity index (χ1) is 14.4. The number of carbonyl (C=O) groups is 1. The van der Waals surface area contributed by atoms with Gasteiger partial charge >= 0.3 is 0 Å². The van der Waals surface area contributed by atoms with Crippen LogP contribution in [0.1, 0.15) is 28.9 Å². The summed E-state index contributed by atoms with van der Waals surface area (Å²) in [6, 6.07) is 13.1. The normalized spacial score (nSPS) is 23.8. The lowest BCUT2D eigenvalue weighted by Gasteiger charge is -2.32. The second-order valence-electron chi connectivity index (χ2n) is 7.44. The van der Waals surface area contributed by atoms with Crippen molar-refractivity contribution in [3.05, 3.63) is 58.7 Å². The van der Waals surface area contributed by atoms with Crippen LogP contribution in [0, 0.1) is 11.2 Å². The second kappa shape index (κ2) is 7.26. The zero-order chi connectivity index (χ0) is 21.0. The molecule has 0 spiro atoms. The van der Waals surface area contributed by atoms with Gasteiger partial charge in [-0.05, 0) is 16.7 Å². The van der Waals surface area contributed by atoms with Gasteiger partial charge < -0.3 is 15.2 Å². The highest BCUT2D eigenvalue weighted by molar-refractivity contribution is 7.89. The van der Waals surface area contributed by atoms with Crippen LogP contribution in [0.3, 0.4) is 0 Å². The Kier molecular flexibility index (Phi) is 4.68. The van der Waals surface area contributed by atoms with Crippen LogP contribution in [0.2, 0.25) is 0 Å². The van der Waals surface area contributed by atoms with Gasteiger partial charge in [0.15, 0.2) is 5.75 Å². The third-order valence-electron chi connectivity index (χ3n) is 5.59. The minimum Gasteiger partial charge on any atom is -0.593 e. The summed E-state index contributed by atoms with van der Waals surface area (Å²) in [5.41, 5.74) is 2.95. The molecule has 2 aliphatic heterocycles. The van der Waals surface area contributed by atoms with Crippen molar-refractivity contribution < 1.29 is 13.7 Å². The molecule has 3 unspecified atom stereocenters. The summed E-state index contributed by atoms with van der Waals surface area (Å²) in [5.74, 6) is -0.00968. The van der Waals surface area contributed by atoms with E-state index in [4.69, 9.17) is 5.41 Å². The van der Waals surface area contributed by atoms with Gasteiger partial charge in [0, 0.05) is 10.1 Å². The van der Waals surface area contributed by atoms with Crippen molar-refractivity contribution in [3.8, 4) is 11.1 Å². The summed E-state index contributed by atoms with van der Waals surface area (Å²) in [7, 11) is 1.58. The Balaban J connectivity index is 1.51. The second-order valence-corrected chi connectivity index (χ2v) is 10.0. The van der Waals surface area contributed by atoms with Gasteiger partial charge in [0.25, 0.3) is 0 Å². The molecular weight excluding hydrogens is 423 g/mol. The first kappa shape index (κ1) is 19.3. The van der Waals surface area contributed by atoms with Gasteiger partial charge in [-0.25, -0.2) is 4.39 Å². The molecule has 1 amide bonds. The van der Waals surface area contributed by atoms with Crippen LogP contribution >= 0.6 is 11.3 Å². The highest BCUT2D eigenvalue weighted by Gasteiger charge is 2.35. The van der Waals surface area contributed by atoms with E-state index in [0.717, 1.165) is 21.4 Å². The fraction of sp³-hybridized carbons (Fsp3) is 0.238. The van der Waals surface area contributed by atoms with E-state index >= 15 is 4.39 Å². The minimum absolute atomic E-state index is 0.0281. The van der Waals surface area contributed by atoms with E-state index in [1.54, 1.807) is 13.1 Å². The zero-order valence-corrected chi connectivity index (χ0v) is 17.7. The Morgan fingerprint density at radius 1 is 1.20 bits per heavy atom. The predicted octanol–water partition coefficient (Wildman–Crippen LogP) is 3.44. The molecule has 3 atom stereocenters. The summed E-state index contributed by atoms with van der Waals surface area (Å²) in [6.45, 7) is 0. The highest BCUT2D eigenvalue weighted by Crippen LogP contribution is 2.41. The number of amides is 1. The van der Waals surface area contributed by atoms with Gasteiger partial charge in [0.2, 0.25) is 11.9 Å². The van der Waals surface area contributed by atoms with Crippen molar-refractivity contribution in [3.63, 3.8) is 0 Å². The molecule has 0 saturated carbocycles. The molecule has 2 fully saturated rings. The average molecular weight is 443 g/mol. The molecule has 3 aromatic rings. The number of carbonyl (C=O) groups excluding carboxylic acids is 1. The van der Waals surface area contributed by atoms with Crippen LogP contribution in [0.5, 0.6) is 0 Å². The van der Waals surface area contributed by atoms with Crippen LogP contribution in [0.25, 0.3) is 21.2 Å². The van der Waals surface area contributed by atoms with Crippen molar-refractivity contribution >= 4 is 44.7 Å². The third-order valence-corrected chi connectivity index (χ3v) is 8.33. The molecule has 30 heavy (non-hydrogen) atoms. The molecule has 154 valence electrons. The van der Waals surface area contributed by atoms with Crippen molar-refractivity contribution in [1.82, 2.24) is 14.9 Å². The van der Waals surface area contributed by atoms with Crippen LogP contribution in [0.4, 0.5) is 4.39 Å². The lowest BCUT2D eigenvalue weighted by Crippen LogP contribution is -2.51. The fourth-order valence-electron chi connectivity index (χ4n) is 3.81. The molecule has 0 radical (unpaired) electrons. The maximum absolute atomic E-state index is 15.3. The van der Waals surface area contributed by atoms with E-state index in [1.165, 1.54) is 15.6 Å². The van der Waals surface area contributed by atoms with Crippen molar-refractivity contribution in [1.29, 1.82) is 5.41 Å². The lowest BCUT2D eigenvalue weighted by atomic mass is 9.95. The quantitative estimate of drug-likeness (QED) is 0.428. The number of hydrogen-bond donors (Lipinski definition) is 3. The van der Waals surface area contributed by atoms with Gasteiger partial charge in [-0.1, -0.05) is 42.5 Å². The molecule has 9 heteroatoms. The Morgan fingerprint density at radius 3 is 2.60 bits per heavy atom. The molecule has 0 aliphatic carbocycles. The fourth-order valence-corrected chi connectivity index (χ4v) is 6.20. The molecule has 2 aliphatic rings. The number of benzene rings is 2. The summed E-state index contributed by atoms with van der Waals surface area (Å²) in [4.78, 5) is 11.6. The van der Waals surface area contributed by atoms with Crippen LogP contribution in [-0.4, -0.2) is 33.5 Å². The number of guanidine groups is 1. The Morgan fingerprint density at radius 2 is 1.93 bits per heavy atom. The van der Waals surface area contributed by atoms with Crippen LogP contribution in [0.15, 0.2) is 42.5 Å². The van der Waals surface area contributed by atoms with Gasteiger partial charge in [0.1, 0.15) is 11.9 Å². The van der Waals surface area contributed by atoms with E-state index in [1.807, 2.05) is 36.4 Å². The number of rotatable bonds is 3. The number of nitrogens with zero attached hydrogens (tertiary/aromatic N) is 1. The van der Waals surface area contributed by atoms with Crippen molar-refractivity contribution in [2.45, 2.75) is 18.5 Å². The minimum atomic E-state index is -1.37. The number of thiophene rings is 1.